The van der Waals surface area contributed by atoms with E-state index in [1.165, 1.54) is 0 Å². The Morgan fingerprint density at radius 3 is 2.32 bits per heavy atom. The summed E-state index contributed by atoms with van der Waals surface area (Å²) in [5, 5.41) is 24.2. The third kappa shape index (κ3) is 3.12. The SMILES string of the molecule is Oc1cccc(Nc2nnc(-c3ccc(Cl)cc3)c3ccccc23)c1. The molecule has 0 aliphatic heterocycles. The molecule has 122 valence electrons. The zero-order valence-corrected chi connectivity index (χ0v) is 13.9. The van der Waals surface area contributed by atoms with Gasteiger partial charge in [-0.3, -0.25) is 0 Å². The molecule has 0 unspecified atom stereocenters. The molecule has 0 amide bonds. The molecular formula is C20H14ClN3O. The summed E-state index contributed by atoms with van der Waals surface area (Å²) < 4.78 is 0. The van der Waals surface area contributed by atoms with Gasteiger partial charge in [0.05, 0.1) is 0 Å². The van der Waals surface area contributed by atoms with Crippen LogP contribution in [0.1, 0.15) is 0 Å². The number of anilines is 2. The number of benzene rings is 3. The lowest BCUT2D eigenvalue weighted by Crippen LogP contribution is -1.99. The highest BCUT2D eigenvalue weighted by Crippen LogP contribution is 2.31. The van der Waals surface area contributed by atoms with Gasteiger partial charge >= 0.3 is 0 Å². The highest BCUT2D eigenvalue weighted by molar-refractivity contribution is 6.30. The van der Waals surface area contributed by atoms with Crippen molar-refractivity contribution in [3.05, 3.63) is 77.8 Å². The van der Waals surface area contributed by atoms with E-state index in [1.807, 2.05) is 54.6 Å². The third-order valence-corrected chi connectivity index (χ3v) is 4.17. The van der Waals surface area contributed by atoms with E-state index in [0.717, 1.165) is 27.7 Å². The van der Waals surface area contributed by atoms with Gasteiger partial charge in [0.15, 0.2) is 5.82 Å². The standard InChI is InChI=1S/C20H14ClN3O/c21-14-10-8-13(9-11-14)19-17-6-1-2-7-18(17)20(24-23-19)22-15-4-3-5-16(25)12-15/h1-12,25H,(H,22,24). The number of hydrogen-bond donors (Lipinski definition) is 2. The molecule has 4 aromatic rings. The molecule has 4 rings (SSSR count). The second-order valence-corrected chi connectivity index (χ2v) is 6.06. The Hall–Kier alpha value is -3.11. The van der Waals surface area contributed by atoms with E-state index in [4.69, 9.17) is 11.6 Å². The third-order valence-electron chi connectivity index (χ3n) is 3.91. The molecule has 0 aliphatic carbocycles. The van der Waals surface area contributed by atoms with Gasteiger partial charge in [0.2, 0.25) is 0 Å². The van der Waals surface area contributed by atoms with Crippen LogP contribution in [0.5, 0.6) is 5.75 Å². The van der Waals surface area contributed by atoms with E-state index in [0.29, 0.717) is 10.8 Å². The number of hydrogen-bond acceptors (Lipinski definition) is 4. The molecule has 0 saturated heterocycles. The molecule has 5 heteroatoms. The van der Waals surface area contributed by atoms with Crippen LogP contribution >= 0.6 is 11.6 Å². The molecule has 0 atom stereocenters. The smallest absolute Gasteiger partial charge is 0.161 e. The molecule has 0 radical (unpaired) electrons. The zero-order valence-electron chi connectivity index (χ0n) is 13.1. The summed E-state index contributed by atoms with van der Waals surface area (Å²) >= 11 is 5.98. The molecule has 0 aliphatic rings. The minimum atomic E-state index is 0.194. The van der Waals surface area contributed by atoms with Gasteiger partial charge in [-0.2, -0.15) is 0 Å². The van der Waals surface area contributed by atoms with Gasteiger partial charge < -0.3 is 10.4 Å². The van der Waals surface area contributed by atoms with Crippen molar-refractivity contribution in [3.8, 4) is 17.0 Å². The van der Waals surface area contributed by atoms with Crippen molar-refractivity contribution in [2.75, 3.05) is 5.32 Å². The van der Waals surface area contributed by atoms with Crippen molar-refractivity contribution in [3.63, 3.8) is 0 Å². The predicted octanol–water partition coefficient (Wildman–Crippen LogP) is 5.40. The summed E-state index contributed by atoms with van der Waals surface area (Å²) in [5.41, 5.74) is 2.50. The van der Waals surface area contributed by atoms with E-state index in [9.17, 15) is 5.11 Å². The molecule has 0 fully saturated rings. The van der Waals surface area contributed by atoms with Crippen LogP contribution in [0.4, 0.5) is 11.5 Å². The second-order valence-electron chi connectivity index (χ2n) is 5.63. The lowest BCUT2D eigenvalue weighted by Gasteiger charge is -2.11. The van der Waals surface area contributed by atoms with Crippen molar-refractivity contribution < 1.29 is 5.11 Å². The Morgan fingerprint density at radius 2 is 1.56 bits per heavy atom. The van der Waals surface area contributed by atoms with Crippen LogP contribution in [0.15, 0.2) is 72.8 Å². The molecule has 4 nitrogen and oxygen atoms in total. The summed E-state index contributed by atoms with van der Waals surface area (Å²) in [7, 11) is 0. The number of fused-ring (bicyclic) bond motifs is 1. The number of aromatic nitrogens is 2. The van der Waals surface area contributed by atoms with E-state index < -0.39 is 0 Å². The van der Waals surface area contributed by atoms with E-state index >= 15 is 0 Å². The minimum absolute atomic E-state index is 0.194. The lowest BCUT2D eigenvalue weighted by atomic mass is 10.0. The number of nitrogens with one attached hydrogen (secondary N) is 1. The zero-order chi connectivity index (χ0) is 17.2. The summed E-state index contributed by atoms with van der Waals surface area (Å²) in [5.74, 6) is 0.832. The van der Waals surface area contributed by atoms with Crippen LogP contribution in [-0.4, -0.2) is 15.3 Å². The fraction of sp³-hybridized carbons (Fsp3) is 0. The average Bonchev–Trinajstić information content (AvgIpc) is 2.63. The number of phenolic OH excluding ortho intramolecular Hbond substituents is 1. The molecule has 0 bridgehead atoms. The van der Waals surface area contributed by atoms with Gasteiger partial charge in [-0.1, -0.05) is 54.1 Å². The fourth-order valence-electron chi connectivity index (χ4n) is 2.74. The van der Waals surface area contributed by atoms with Gasteiger partial charge in [0.25, 0.3) is 0 Å². The maximum absolute atomic E-state index is 9.63. The van der Waals surface area contributed by atoms with Gasteiger partial charge in [-0.05, 0) is 24.3 Å². The Kier molecular flexibility index (Phi) is 3.96. The molecule has 1 aromatic heterocycles. The first kappa shape index (κ1) is 15.4. The Bertz CT molecular complexity index is 1050. The topological polar surface area (TPSA) is 58.0 Å². The molecule has 25 heavy (non-hydrogen) atoms. The maximum atomic E-state index is 9.63. The largest absolute Gasteiger partial charge is 0.508 e. The van der Waals surface area contributed by atoms with Crippen LogP contribution in [0.2, 0.25) is 5.02 Å². The first-order valence-corrected chi connectivity index (χ1v) is 8.16. The minimum Gasteiger partial charge on any atom is -0.508 e. The Balaban J connectivity index is 1.83. The first-order valence-electron chi connectivity index (χ1n) is 7.78. The van der Waals surface area contributed by atoms with E-state index in [1.54, 1.807) is 18.2 Å². The predicted molar refractivity (Wildman–Crippen MR) is 101 cm³/mol. The first-order chi connectivity index (χ1) is 12.2. The molecule has 3 aromatic carbocycles. The highest BCUT2D eigenvalue weighted by Gasteiger charge is 2.11. The molecule has 0 saturated carbocycles. The van der Waals surface area contributed by atoms with Crippen molar-refractivity contribution >= 4 is 33.9 Å². The number of phenols is 1. The van der Waals surface area contributed by atoms with Gasteiger partial charge in [-0.15, -0.1) is 10.2 Å². The number of aromatic hydroxyl groups is 1. The summed E-state index contributed by atoms with van der Waals surface area (Å²) in [6.45, 7) is 0. The normalized spacial score (nSPS) is 10.8. The number of rotatable bonds is 3. The highest BCUT2D eigenvalue weighted by atomic mass is 35.5. The van der Waals surface area contributed by atoms with Crippen LogP contribution < -0.4 is 5.32 Å². The number of halogens is 1. The second kappa shape index (κ2) is 6.42. The van der Waals surface area contributed by atoms with Crippen LogP contribution in [0, 0.1) is 0 Å². The summed E-state index contributed by atoms with van der Waals surface area (Å²) in [6, 6.07) is 22.4. The van der Waals surface area contributed by atoms with Crippen LogP contribution in [0.3, 0.4) is 0 Å². The van der Waals surface area contributed by atoms with Gasteiger partial charge in [0, 0.05) is 33.1 Å². The maximum Gasteiger partial charge on any atom is 0.161 e. The molecule has 0 spiro atoms. The van der Waals surface area contributed by atoms with Crippen LogP contribution in [-0.2, 0) is 0 Å². The fourth-order valence-corrected chi connectivity index (χ4v) is 2.86. The number of nitrogens with zero attached hydrogens (tertiary/aromatic N) is 2. The van der Waals surface area contributed by atoms with Crippen molar-refractivity contribution in [1.82, 2.24) is 10.2 Å². The van der Waals surface area contributed by atoms with Gasteiger partial charge in [0.1, 0.15) is 11.4 Å². The molecule has 1 heterocycles. The lowest BCUT2D eigenvalue weighted by molar-refractivity contribution is 0.475. The summed E-state index contributed by atoms with van der Waals surface area (Å²) in [6.07, 6.45) is 0. The van der Waals surface area contributed by atoms with Crippen LogP contribution in [0.25, 0.3) is 22.0 Å². The Labute approximate surface area is 149 Å². The summed E-state index contributed by atoms with van der Waals surface area (Å²) in [4.78, 5) is 0. The van der Waals surface area contributed by atoms with Crippen molar-refractivity contribution in [2.45, 2.75) is 0 Å². The quantitative estimate of drug-likeness (QED) is 0.521. The van der Waals surface area contributed by atoms with E-state index in [2.05, 4.69) is 15.5 Å². The van der Waals surface area contributed by atoms with Gasteiger partial charge in [-0.25, -0.2) is 0 Å². The average molecular weight is 348 g/mol. The molecular weight excluding hydrogens is 334 g/mol. The molecule has 2 N–H and O–H groups in total. The van der Waals surface area contributed by atoms with Crippen molar-refractivity contribution in [2.24, 2.45) is 0 Å². The monoisotopic (exact) mass is 347 g/mol. The van der Waals surface area contributed by atoms with E-state index in [-0.39, 0.29) is 5.75 Å². The Morgan fingerprint density at radius 1 is 0.800 bits per heavy atom. The van der Waals surface area contributed by atoms with Crippen molar-refractivity contribution in [1.29, 1.82) is 0 Å².